The van der Waals surface area contributed by atoms with Crippen LogP contribution < -0.4 is 5.32 Å². The molecule has 1 aliphatic heterocycles. The Morgan fingerprint density at radius 2 is 2.33 bits per heavy atom. The van der Waals surface area contributed by atoms with Crippen molar-refractivity contribution in [1.29, 1.82) is 0 Å². The summed E-state index contributed by atoms with van der Waals surface area (Å²) < 4.78 is 5.40. The van der Waals surface area contributed by atoms with Crippen molar-refractivity contribution in [3.8, 4) is 11.5 Å². The maximum absolute atomic E-state index is 5.40. The van der Waals surface area contributed by atoms with Crippen molar-refractivity contribution in [2.45, 2.75) is 32.4 Å². The number of rotatable bonds is 4. The Balaban J connectivity index is 1.68. The monoisotopic (exact) mass is 286 g/mol. The van der Waals surface area contributed by atoms with Crippen molar-refractivity contribution in [3.05, 3.63) is 35.7 Å². The van der Waals surface area contributed by atoms with Crippen LogP contribution in [0.25, 0.3) is 11.5 Å². The van der Waals surface area contributed by atoms with Crippen LogP contribution in [0.4, 0.5) is 0 Å². The molecule has 0 bridgehead atoms. The van der Waals surface area contributed by atoms with Crippen LogP contribution in [0.2, 0.25) is 0 Å². The number of benzene rings is 1. The fraction of sp³-hybridized carbons (Fsp3) is 0.500. The van der Waals surface area contributed by atoms with E-state index in [-0.39, 0.29) is 0 Å². The molecule has 1 N–H and O–H groups in total. The molecule has 1 saturated heterocycles. The molecule has 0 aliphatic carbocycles. The minimum atomic E-state index is 0.571. The molecular formula is C16H22N4O. The maximum Gasteiger partial charge on any atom is 0.257 e. The van der Waals surface area contributed by atoms with Gasteiger partial charge in [0.05, 0.1) is 6.54 Å². The predicted octanol–water partition coefficient (Wildman–Crippen LogP) is 2.23. The normalized spacial score (nSPS) is 19.8. The second-order valence-corrected chi connectivity index (χ2v) is 5.75. The molecule has 3 rings (SSSR count). The Kier molecular flexibility index (Phi) is 4.31. The minimum Gasteiger partial charge on any atom is -0.334 e. The van der Waals surface area contributed by atoms with Gasteiger partial charge in [0.25, 0.3) is 5.89 Å². The molecule has 1 atom stereocenters. The molecule has 112 valence electrons. The third kappa shape index (κ3) is 3.49. The van der Waals surface area contributed by atoms with E-state index >= 15 is 0 Å². The second-order valence-electron chi connectivity index (χ2n) is 5.75. The van der Waals surface area contributed by atoms with Crippen molar-refractivity contribution in [2.24, 2.45) is 0 Å². The zero-order valence-electron chi connectivity index (χ0n) is 12.7. The molecule has 5 nitrogen and oxygen atoms in total. The summed E-state index contributed by atoms with van der Waals surface area (Å²) in [6, 6.07) is 8.71. The van der Waals surface area contributed by atoms with Gasteiger partial charge in [0.15, 0.2) is 5.82 Å². The van der Waals surface area contributed by atoms with E-state index < -0.39 is 0 Å². The topological polar surface area (TPSA) is 54.2 Å². The van der Waals surface area contributed by atoms with Crippen LogP contribution in [0.15, 0.2) is 28.8 Å². The van der Waals surface area contributed by atoms with Gasteiger partial charge < -0.3 is 9.84 Å². The first-order valence-corrected chi connectivity index (χ1v) is 7.54. The molecule has 1 aliphatic rings. The third-order valence-corrected chi connectivity index (χ3v) is 4.01. The first-order valence-electron chi connectivity index (χ1n) is 7.54. The van der Waals surface area contributed by atoms with Crippen LogP contribution in [-0.2, 0) is 6.54 Å². The van der Waals surface area contributed by atoms with Crippen molar-refractivity contribution >= 4 is 0 Å². The van der Waals surface area contributed by atoms with E-state index in [9.17, 15) is 0 Å². The van der Waals surface area contributed by atoms with E-state index in [0.717, 1.165) is 31.0 Å². The lowest BCUT2D eigenvalue weighted by atomic mass is 10.1. The van der Waals surface area contributed by atoms with Gasteiger partial charge in [-0.3, -0.25) is 4.90 Å². The van der Waals surface area contributed by atoms with Crippen molar-refractivity contribution in [2.75, 3.05) is 20.1 Å². The van der Waals surface area contributed by atoms with Crippen LogP contribution in [0, 0.1) is 6.92 Å². The van der Waals surface area contributed by atoms with Crippen LogP contribution in [0.3, 0.4) is 0 Å². The van der Waals surface area contributed by atoms with E-state index in [1.54, 1.807) is 0 Å². The average molecular weight is 286 g/mol. The van der Waals surface area contributed by atoms with E-state index in [2.05, 4.69) is 39.4 Å². The number of nitrogens with one attached hydrogen (secondary N) is 1. The molecular weight excluding hydrogens is 264 g/mol. The van der Waals surface area contributed by atoms with Gasteiger partial charge in [-0.05, 0) is 45.5 Å². The Morgan fingerprint density at radius 1 is 1.43 bits per heavy atom. The molecule has 2 heterocycles. The molecule has 0 radical (unpaired) electrons. The number of aromatic nitrogens is 2. The van der Waals surface area contributed by atoms with Crippen molar-refractivity contribution in [3.63, 3.8) is 0 Å². The summed E-state index contributed by atoms with van der Waals surface area (Å²) in [5.41, 5.74) is 2.18. The van der Waals surface area contributed by atoms with Crippen LogP contribution in [-0.4, -0.2) is 41.2 Å². The number of hydrogen-bond acceptors (Lipinski definition) is 5. The highest BCUT2D eigenvalue weighted by molar-refractivity contribution is 5.53. The number of nitrogens with zero attached hydrogens (tertiary/aromatic N) is 3. The van der Waals surface area contributed by atoms with Crippen molar-refractivity contribution < 1.29 is 4.52 Å². The lowest BCUT2D eigenvalue weighted by Gasteiger charge is -2.31. The maximum atomic E-state index is 5.40. The number of piperidine rings is 1. The zero-order chi connectivity index (χ0) is 14.7. The molecule has 1 aromatic carbocycles. The van der Waals surface area contributed by atoms with E-state index in [4.69, 9.17) is 4.52 Å². The van der Waals surface area contributed by atoms with E-state index in [1.165, 1.54) is 18.4 Å². The molecule has 0 amide bonds. The largest absolute Gasteiger partial charge is 0.334 e. The fourth-order valence-corrected chi connectivity index (χ4v) is 2.85. The van der Waals surface area contributed by atoms with Crippen LogP contribution in [0.1, 0.15) is 24.2 Å². The fourth-order valence-electron chi connectivity index (χ4n) is 2.85. The predicted molar refractivity (Wildman–Crippen MR) is 81.8 cm³/mol. The first-order chi connectivity index (χ1) is 10.2. The first kappa shape index (κ1) is 14.2. The zero-order valence-corrected chi connectivity index (χ0v) is 12.7. The number of likely N-dealkylation sites (tertiary alicyclic amines) is 1. The molecule has 21 heavy (non-hydrogen) atoms. The lowest BCUT2D eigenvalue weighted by molar-refractivity contribution is 0.182. The standard InChI is InChI=1S/C16H22N4O/c1-12-5-3-6-13(9-12)16-18-15(19-21-16)11-20-8-4-7-14(10-20)17-2/h3,5-6,9,14,17H,4,7-8,10-11H2,1-2H3. The second kappa shape index (κ2) is 6.37. The van der Waals surface area contributed by atoms with Crippen LogP contribution >= 0.6 is 0 Å². The quantitative estimate of drug-likeness (QED) is 0.934. The van der Waals surface area contributed by atoms with Gasteiger partial charge in [0.1, 0.15) is 0 Å². The minimum absolute atomic E-state index is 0.571. The summed E-state index contributed by atoms with van der Waals surface area (Å²) in [5.74, 6) is 1.37. The van der Waals surface area contributed by atoms with Gasteiger partial charge in [0, 0.05) is 18.2 Å². The molecule has 1 aromatic heterocycles. The van der Waals surface area contributed by atoms with E-state index in [0.29, 0.717) is 11.9 Å². The lowest BCUT2D eigenvalue weighted by Crippen LogP contribution is -2.44. The van der Waals surface area contributed by atoms with Gasteiger partial charge in [-0.2, -0.15) is 4.98 Å². The number of aryl methyl sites for hydroxylation is 1. The third-order valence-electron chi connectivity index (χ3n) is 4.01. The van der Waals surface area contributed by atoms with Gasteiger partial charge in [-0.1, -0.05) is 22.9 Å². The Morgan fingerprint density at radius 3 is 3.14 bits per heavy atom. The van der Waals surface area contributed by atoms with Gasteiger partial charge >= 0.3 is 0 Å². The summed E-state index contributed by atoms with van der Waals surface area (Å²) in [7, 11) is 2.03. The highest BCUT2D eigenvalue weighted by atomic mass is 16.5. The number of likely N-dealkylation sites (N-methyl/N-ethyl adjacent to an activating group) is 1. The molecule has 0 spiro atoms. The summed E-state index contributed by atoms with van der Waals surface area (Å²) in [6.45, 7) is 4.97. The molecule has 0 saturated carbocycles. The highest BCUT2D eigenvalue weighted by Crippen LogP contribution is 2.19. The Hall–Kier alpha value is -1.72. The van der Waals surface area contributed by atoms with Gasteiger partial charge in [-0.25, -0.2) is 0 Å². The average Bonchev–Trinajstić information content (AvgIpc) is 2.96. The van der Waals surface area contributed by atoms with Gasteiger partial charge in [0.2, 0.25) is 0 Å². The van der Waals surface area contributed by atoms with Crippen LogP contribution in [0.5, 0.6) is 0 Å². The SMILES string of the molecule is CNC1CCCN(Cc2noc(-c3cccc(C)c3)n2)C1. The molecule has 5 heteroatoms. The summed E-state index contributed by atoms with van der Waals surface area (Å²) in [5, 5.41) is 7.47. The Labute approximate surface area is 125 Å². The summed E-state index contributed by atoms with van der Waals surface area (Å²) in [4.78, 5) is 6.91. The summed E-state index contributed by atoms with van der Waals surface area (Å²) >= 11 is 0. The number of hydrogen-bond donors (Lipinski definition) is 1. The Bertz CT molecular complexity index is 595. The van der Waals surface area contributed by atoms with Crippen molar-refractivity contribution in [1.82, 2.24) is 20.4 Å². The molecule has 1 unspecified atom stereocenters. The summed E-state index contributed by atoms with van der Waals surface area (Å²) in [6.07, 6.45) is 2.46. The van der Waals surface area contributed by atoms with Gasteiger partial charge in [-0.15, -0.1) is 0 Å². The molecule has 1 fully saturated rings. The van der Waals surface area contributed by atoms with E-state index in [1.807, 2.05) is 19.2 Å². The highest BCUT2D eigenvalue weighted by Gasteiger charge is 2.20. The molecule has 2 aromatic rings. The smallest absolute Gasteiger partial charge is 0.257 e.